The summed E-state index contributed by atoms with van der Waals surface area (Å²) in [5.74, 6) is 0.286. The quantitative estimate of drug-likeness (QED) is 0.822. The van der Waals surface area contributed by atoms with Crippen LogP contribution < -0.4 is 10.5 Å². The highest BCUT2D eigenvalue weighted by Crippen LogP contribution is 2.27. The molecule has 0 spiro atoms. The summed E-state index contributed by atoms with van der Waals surface area (Å²) in [6.07, 6.45) is 0.467. The fourth-order valence-electron chi connectivity index (χ4n) is 2.35. The number of hydrogen-bond donors (Lipinski definition) is 1. The molecule has 0 bridgehead atoms. The number of nitrogens with zero attached hydrogens (tertiary/aromatic N) is 1. The van der Waals surface area contributed by atoms with Gasteiger partial charge in [0.25, 0.3) is 5.91 Å². The van der Waals surface area contributed by atoms with Gasteiger partial charge in [0, 0.05) is 13.1 Å². The number of rotatable bonds is 3. The third-order valence-electron chi connectivity index (χ3n) is 3.59. The van der Waals surface area contributed by atoms with Crippen molar-refractivity contribution in [2.24, 2.45) is 0 Å². The Hall–Kier alpha value is -1.76. The Bertz CT molecular complexity index is 627. The van der Waals surface area contributed by atoms with Gasteiger partial charge in [0.15, 0.2) is 9.84 Å². The molecule has 2 rings (SSSR count). The summed E-state index contributed by atoms with van der Waals surface area (Å²) in [5, 5.41) is 0. The van der Waals surface area contributed by atoms with E-state index in [0.717, 1.165) is 0 Å². The van der Waals surface area contributed by atoms with Gasteiger partial charge in [-0.25, -0.2) is 8.42 Å². The number of benzene rings is 1. The van der Waals surface area contributed by atoms with Crippen molar-refractivity contribution in [3.05, 3.63) is 23.8 Å². The first-order valence-electron chi connectivity index (χ1n) is 6.26. The summed E-state index contributed by atoms with van der Waals surface area (Å²) in [6.45, 7) is 0. The van der Waals surface area contributed by atoms with Crippen molar-refractivity contribution in [1.29, 1.82) is 0 Å². The van der Waals surface area contributed by atoms with E-state index in [1.54, 1.807) is 25.2 Å². The number of para-hydroxylation sites is 1. The molecule has 1 amide bonds. The van der Waals surface area contributed by atoms with Gasteiger partial charge in [0.05, 0.1) is 29.9 Å². The molecule has 0 aliphatic carbocycles. The normalized spacial score (nSPS) is 20.6. The van der Waals surface area contributed by atoms with E-state index >= 15 is 0 Å². The Morgan fingerprint density at radius 3 is 2.70 bits per heavy atom. The van der Waals surface area contributed by atoms with Crippen LogP contribution in [0.5, 0.6) is 5.75 Å². The van der Waals surface area contributed by atoms with E-state index in [-0.39, 0.29) is 29.1 Å². The van der Waals surface area contributed by atoms with Gasteiger partial charge in [-0.05, 0) is 18.6 Å². The first-order valence-corrected chi connectivity index (χ1v) is 8.08. The summed E-state index contributed by atoms with van der Waals surface area (Å²) < 4.78 is 28.1. The molecule has 1 aromatic carbocycles. The predicted molar refractivity (Wildman–Crippen MR) is 76.6 cm³/mol. The van der Waals surface area contributed by atoms with Crippen LogP contribution in [0.1, 0.15) is 16.8 Å². The van der Waals surface area contributed by atoms with Gasteiger partial charge in [-0.3, -0.25) is 4.79 Å². The van der Waals surface area contributed by atoms with Crippen LogP contribution in [-0.2, 0) is 9.84 Å². The molecule has 0 aromatic heterocycles. The van der Waals surface area contributed by atoms with Crippen LogP contribution in [0.2, 0.25) is 0 Å². The van der Waals surface area contributed by atoms with Crippen LogP contribution in [0.4, 0.5) is 5.69 Å². The van der Waals surface area contributed by atoms with E-state index in [0.29, 0.717) is 17.7 Å². The maximum absolute atomic E-state index is 12.4. The van der Waals surface area contributed by atoms with E-state index in [1.165, 1.54) is 12.0 Å². The molecule has 0 radical (unpaired) electrons. The first kappa shape index (κ1) is 14.6. The van der Waals surface area contributed by atoms with Crippen LogP contribution in [0.15, 0.2) is 18.2 Å². The molecule has 2 N–H and O–H groups in total. The second-order valence-electron chi connectivity index (χ2n) is 4.89. The van der Waals surface area contributed by atoms with Gasteiger partial charge in [-0.1, -0.05) is 6.07 Å². The number of carbonyl (C=O) groups excluding carboxylic acids is 1. The summed E-state index contributed by atoms with van der Waals surface area (Å²) >= 11 is 0. The number of sulfone groups is 1. The molecule has 110 valence electrons. The molecule has 1 heterocycles. The lowest BCUT2D eigenvalue weighted by Gasteiger charge is -2.24. The van der Waals surface area contributed by atoms with Gasteiger partial charge < -0.3 is 15.4 Å². The number of hydrogen-bond acceptors (Lipinski definition) is 5. The minimum atomic E-state index is -3.03. The van der Waals surface area contributed by atoms with Crippen molar-refractivity contribution in [2.45, 2.75) is 12.5 Å². The molecule has 20 heavy (non-hydrogen) atoms. The van der Waals surface area contributed by atoms with Crippen molar-refractivity contribution in [3.8, 4) is 5.75 Å². The molecule has 6 nitrogen and oxygen atoms in total. The summed E-state index contributed by atoms with van der Waals surface area (Å²) in [7, 11) is 0.0543. The average Bonchev–Trinajstić information content (AvgIpc) is 2.78. The molecule has 1 aromatic rings. The average molecular weight is 298 g/mol. The number of carbonyl (C=O) groups is 1. The summed E-state index contributed by atoms with van der Waals surface area (Å²) in [4.78, 5) is 13.9. The topological polar surface area (TPSA) is 89.7 Å². The molecule has 1 fully saturated rings. The van der Waals surface area contributed by atoms with E-state index in [4.69, 9.17) is 10.5 Å². The molecule has 0 saturated carbocycles. The number of nitrogens with two attached hydrogens (primary N) is 1. The zero-order valence-corrected chi connectivity index (χ0v) is 12.3. The Morgan fingerprint density at radius 2 is 2.15 bits per heavy atom. The molecule has 1 unspecified atom stereocenters. The standard InChI is InChI=1S/C13H18N2O4S/c1-15(9-6-7-20(17,18)8-9)13(16)10-4-3-5-11(19-2)12(10)14/h3-5,9H,6-8,14H2,1-2H3. The third kappa shape index (κ3) is 2.72. The Morgan fingerprint density at radius 1 is 1.45 bits per heavy atom. The van der Waals surface area contributed by atoms with Crippen molar-refractivity contribution < 1.29 is 17.9 Å². The van der Waals surface area contributed by atoms with Gasteiger partial charge in [-0.2, -0.15) is 0 Å². The lowest BCUT2D eigenvalue weighted by atomic mass is 10.1. The molecular weight excluding hydrogens is 280 g/mol. The predicted octanol–water partition coefficient (Wildman–Crippen LogP) is 0.537. The fourth-order valence-corrected chi connectivity index (χ4v) is 4.12. The second kappa shape index (κ2) is 5.32. The number of anilines is 1. The molecule has 1 aliphatic heterocycles. The lowest BCUT2D eigenvalue weighted by molar-refractivity contribution is 0.0748. The van der Waals surface area contributed by atoms with Crippen LogP contribution in [0.25, 0.3) is 0 Å². The Labute approximate surface area is 118 Å². The van der Waals surface area contributed by atoms with Gasteiger partial charge >= 0.3 is 0 Å². The van der Waals surface area contributed by atoms with Crippen LogP contribution in [0.3, 0.4) is 0 Å². The molecule has 1 saturated heterocycles. The van der Waals surface area contributed by atoms with Crippen molar-refractivity contribution >= 4 is 21.4 Å². The van der Waals surface area contributed by atoms with E-state index in [2.05, 4.69) is 0 Å². The van der Waals surface area contributed by atoms with Crippen LogP contribution in [-0.4, -0.2) is 50.9 Å². The molecule has 1 atom stereocenters. The second-order valence-corrected chi connectivity index (χ2v) is 7.12. The number of amides is 1. The van der Waals surface area contributed by atoms with Crippen molar-refractivity contribution in [2.75, 3.05) is 31.4 Å². The third-order valence-corrected chi connectivity index (χ3v) is 5.34. The Kier molecular flexibility index (Phi) is 3.89. The van der Waals surface area contributed by atoms with Gasteiger partial charge in [-0.15, -0.1) is 0 Å². The molecule has 1 aliphatic rings. The highest BCUT2D eigenvalue weighted by atomic mass is 32.2. The minimum Gasteiger partial charge on any atom is -0.495 e. The first-order chi connectivity index (χ1) is 9.35. The van der Waals surface area contributed by atoms with Gasteiger partial charge in [0.2, 0.25) is 0 Å². The van der Waals surface area contributed by atoms with Gasteiger partial charge in [0.1, 0.15) is 5.75 Å². The Balaban J connectivity index is 2.24. The van der Waals surface area contributed by atoms with Crippen LogP contribution in [0, 0.1) is 0 Å². The van der Waals surface area contributed by atoms with E-state index in [9.17, 15) is 13.2 Å². The summed E-state index contributed by atoms with van der Waals surface area (Å²) in [5.41, 5.74) is 6.49. The maximum Gasteiger partial charge on any atom is 0.256 e. The smallest absolute Gasteiger partial charge is 0.256 e. The summed E-state index contributed by atoms with van der Waals surface area (Å²) in [6, 6.07) is 4.67. The zero-order valence-electron chi connectivity index (χ0n) is 11.5. The SMILES string of the molecule is COc1cccc(C(=O)N(C)C2CCS(=O)(=O)C2)c1N. The van der Waals surface area contributed by atoms with Crippen LogP contribution >= 0.6 is 0 Å². The number of nitrogen functional groups attached to an aromatic ring is 1. The monoisotopic (exact) mass is 298 g/mol. The zero-order chi connectivity index (χ0) is 14.9. The molecular formula is C13H18N2O4S. The highest BCUT2D eigenvalue weighted by molar-refractivity contribution is 7.91. The molecule has 7 heteroatoms. The number of methoxy groups -OCH3 is 1. The van der Waals surface area contributed by atoms with E-state index in [1.807, 2.05) is 0 Å². The van der Waals surface area contributed by atoms with Crippen molar-refractivity contribution in [1.82, 2.24) is 4.90 Å². The largest absolute Gasteiger partial charge is 0.495 e. The highest BCUT2D eigenvalue weighted by Gasteiger charge is 2.33. The number of ether oxygens (including phenoxy) is 1. The van der Waals surface area contributed by atoms with Crippen molar-refractivity contribution in [3.63, 3.8) is 0 Å². The lowest BCUT2D eigenvalue weighted by Crippen LogP contribution is -2.38. The van der Waals surface area contributed by atoms with E-state index < -0.39 is 9.84 Å². The minimum absolute atomic E-state index is 0.0130. The maximum atomic E-state index is 12.4. The fraction of sp³-hybridized carbons (Fsp3) is 0.462.